The molecule has 7 nitrogen and oxygen atoms in total. The molecule has 0 aliphatic carbocycles. The standard InChI is InChI=1S/C12H18N4O3S/c1-8(17)14-12-13-5-10(20-12)11(19)16-4-3-15(2)6-9(18)7-16/h5,9,18H,3-4,6-7H2,1-2H3,(H,13,14,17)/t9-/m0/s1. The first-order valence-electron chi connectivity index (χ1n) is 6.35. The van der Waals surface area contributed by atoms with Gasteiger partial charge in [-0.1, -0.05) is 11.3 Å². The quantitative estimate of drug-likeness (QED) is 0.793. The second kappa shape index (κ2) is 6.29. The molecule has 2 heterocycles. The fourth-order valence-electron chi connectivity index (χ4n) is 2.07. The lowest BCUT2D eigenvalue weighted by Gasteiger charge is -2.20. The number of carbonyl (C=O) groups is 2. The van der Waals surface area contributed by atoms with Gasteiger partial charge in [-0.05, 0) is 7.05 Å². The molecule has 0 spiro atoms. The molecule has 2 N–H and O–H groups in total. The summed E-state index contributed by atoms with van der Waals surface area (Å²) in [5.74, 6) is -0.376. The minimum atomic E-state index is -0.547. The molecule has 0 saturated carbocycles. The molecule has 110 valence electrons. The zero-order valence-electron chi connectivity index (χ0n) is 11.5. The average Bonchev–Trinajstić information content (AvgIpc) is 2.73. The first kappa shape index (κ1) is 14.9. The van der Waals surface area contributed by atoms with Gasteiger partial charge in [0, 0.05) is 33.1 Å². The Kier molecular flexibility index (Phi) is 4.69. The number of thiazole rings is 1. The highest BCUT2D eigenvalue weighted by Crippen LogP contribution is 2.20. The molecule has 1 aromatic rings. The van der Waals surface area contributed by atoms with Crippen LogP contribution in [0.3, 0.4) is 0 Å². The van der Waals surface area contributed by atoms with E-state index in [-0.39, 0.29) is 11.8 Å². The number of hydrogen-bond donors (Lipinski definition) is 2. The monoisotopic (exact) mass is 298 g/mol. The van der Waals surface area contributed by atoms with Gasteiger partial charge in [-0.3, -0.25) is 9.59 Å². The van der Waals surface area contributed by atoms with Crippen molar-refractivity contribution in [2.75, 3.05) is 38.5 Å². The van der Waals surface area contributed by atoms with E-state index < -0.39 is 6.10 Å². The Hall–Kier alpha value is -1.51. The van der Waals surface area contributed by atoms with Gasteiger partial charge in [0.1, 0.15) is 4.88 Å². The number of nitrogens with zero attached hydrogens (tertiary/aromatic N) is 3. The lowest BCUT2D eigenvalue weighted by molar-refractivity contribution is -0.114. The lowest BCUT2D eigenvalue weighted by atomic mass is 10.3. The van der Waals surface area contributed by atoms with Gasteiger partial charge in [-0.2, -0.15) is 0 Å². The van der Waals surface area contributed by atoms with Crippen molar-refractivity contribution >= 4 is 28.3 Å². The van der Waals surface area contributed by atoms with Gasteiger partial charge < -0.3 is 20.2 Å². The largest absolute Gasteiger partial charge is 0.390 e. The Morgan fingerprint density at radius 2 is 2.20 bits per heavy atom. The second-order valence-corrected chi connectivity index (χ2v) is 5.91. The SMILES string of the molecule is CC(=O)Nc1ncc(C(=O)N2CCN(C)C[C@H](O)C2)s1. The summed E-state index contributed by atoms with van der Waals surface area (Å²) in [7, 11) is 1.92. The Labute approximate surface area is 121 Å². The van der Waals surface area contributed by atoms with Crippen molar-refractivity contribution < 1.29 is 14.7 Å². The number of aliphatic hydroxyl groups is 1. The number of anilines is 1. The van der Waals surface area contributed by atoms with Crippen molar-refractivity contribution in [3.05, 3.63) is 11.1 Å². The number of amides is 2. The molecule has 0 bridgehead atoms. The van der Waals surface area contributed by atoms with Crippen molar-refractivity contribution in [1.82, 2.24) is 14.8 Å². The molecule has 20 heavy (non-hydrogen) atoms. The van der Waals surface area contributed by atoms with Crippen molar-refractivity contribution in [1.29, 1.82) is 0 Å². The number of nitrogens with one attached hydrogen (secondary N) is 1. The first-order chi connectivity index (χ1) is 9.45. The summed E-state index contributed by atoms with van der Waals surface area (Å²) in [4.78, 5) is 31.4. The van der Waals surface area contributed by atoms with Crippen LogP contribution < -0.4 is 5.32 Å². The van der Waals surface area contributed by atoms with Crippen LogP contribution in [0.4, 0.5) is 5.13 Å². The second-order valence-electron chi connectivity index (χ2n) is 4.88. The molecule has 1 atom stereocenters. The van der Waals surface area contributed by atoms with Crippen LogP contribution >= 0.6 is 11.3 Å². The van der Waals surface area contributed by atoms with Crippen molar-refractivity contribution in [2.24, 2.45) is 0 Å². The summed E-state index contributed by atoms with van der Waals surface area (Å²) in [5.41, 5.74) is 0. The summed E-state index contributed by atoms with van der Waals surface area (Å²) in [6.45, 7) is 3.56. The number of aliphatic hydroxyl groups excluding tert-OH is 1. The maximum Gasteiger partial charge on any atom is 0.265 e. The van der Waals surface area contributed by atoms with E-state index in [0.717, 1.165) is 17.9 Å². The number of aromatic nitrogens is 1. The number of rotatable bonds is 2. The molecule has 0 aromatic carbocycles. The Morgan fingerprint density at radius 3 is 2.90 bits per heavy atom. The van der Waals surface area contributed by atoms with E-state index in [1.165, 1.54) is 13.1 Å². The summed E-state index contributed by atoms with van der Waals surface area (Å²) < 4.78 is 0. The maximum atomic E-state index is 12.4. The number of likely N-dealkylation sites (N-methyl/N-ethyl adjacent to an activating group) is 1. The number of carbonyl (C=O) groups excluding carboxylic acids is 2. The summed E-state index contributed by atoms with van der Waals surface area (Å²) >= 11 is 1.14. The Balaban J connectivity index is 2.06. The molecular weight excluding hydrogens is 280 g/mol. The normalized spacial score (nSPS) is 20.6. The molecule has 1 saturated heterocycles. The Morgan fingerprint density at radius 1 is 1.45 bits per heavy atom. The molecule has 0 unspecified atom stereocenters. The summed E-state index contributed by atoms with van der Waals surface area (Å²) in [6.07, 6.45) is 0.911. The average molecular weight is 298 g/mol. The van der Waals surface area contributed by atoms with Crippen LogP contribution in [0.5, 0.6) is 0 Å². The highest BCUT2D eigenvalue weighted by Gasteiger charge is 2.25. The highest BCUT2D eigenvalue weighted by atomic mass is 32.1. The summed E-state index contributed by atoms with van der Waals surface area (Å²) in [5, 5.41) is 12.8. The van der Waals surface area contributed by atoms with Crippen LogP contribution in [0.2, 0.25) is 0 Å². The zero-order valence-corrected chi connectivity index (χ0v) is 12.3. The van der Waals surface area contributed by atoms with Crippen LogP contribution in [0.25, 0.3) is 0 Å². The van der Waals surface area contributed by atoms with Crippen molar-refractivity contribution in [3.8, 4) is 0 Å². The van der Waals surface area contributed by atoms with Gasteiger partial charge in [-0.25, -0.2) is 4.98 Å². The molecule has 2 amide bonds. The molecule has 0 radical (unpaired) electrons. The van der Waals surface area contributed by atoms with Crippen LogP contribution in [0.1, 0.15) is 16.6 Å². The Bertz CT molecular complexity index is 505. The molecule has 8 heteroatoms. The van der Waals surface area contributed by atoms with Crippen molar-refractivity contribution in [2.45, 2.75) is 13.0 Å². The van der Waals surface area contributed by atoms with Gasteiger partial charge in [0.2, 0.25) is 5.91 Å². The highest BCUT2D eigenvalue weighted by molar-refractivity contribution is 7.17. The van der Waals surface area contributed by atoms with Crippen LogP contribution in [-0.4, -0.2) is 71.0 Å². The van der Waals surface area contributed by atoms with E-state index >= 15 is 0 Å². The third kappa shape index (κ3) is 3.75. The molecule has 2 rings (SSSR count). The molecule has 1 aliphatic heterocycles. The first-order valence-corrected chi connectivity index (χ1v) is 7.16. The minimum Gasteiger partial charge on any atom is -0.390 e. The number of hydrogen-bond acceptors (Lipinski definition) is 6. The van der Waals surface area contributed by atoms with Gasteiger partial charge in [-0.15, -0.1) is 0 Å². The van der Waals surface area contributed by atoms with Gasteiger partial charge in [0.25, 0.3) is 5.91 Å². The molecule has 1 aliphatic rings. The fourth-order valence-corrected chi connectivity index (χ4v) is 2.90. The predicted molar refractivity (Wildman–Crippen MR) is 75.8 cm³/mol. The number of β-amino-alcohol motifs (C(OH)–C–C–N with tert-alkyl or cyclic N) is 1. The third-order valence-corrected chi connectivity index (χ3v) is 3.89. The van der Waals surface area contributed by atoms with Gasteiger partial charge in [0.15, 0.2) is 5.13 Å². The maximum absolute atomic E-state index is 12.4. The minimum absolute atomic E-state index is 0.159. The van der Waals surface area contributed by atoms with E-state index in [9.17, 15) is 14.7 Å². The zero-order chi connectivity index (χ0) is 14.7. The predicted octanol–water partition coefficient (Wildman–Crippen LogP) is -0.150. The van der Waals surface area contributed by atoms with E-state index in [1.807, 2.05) is 11.9 Å². The van der Waals surface area contributed by atoms with Crippen LogP contribution in [0, 0.1) is 0 Å². The van der Waals surface area contributed by atoms with E-state index in [2.05, 4.69) is 10.3 Å². The smallest absolute Gasteiger partial charge is 0.265 e. The molecular formula is C12H18N4O3S. The summed E-state index contributed by atoms with van der Waals surface area (Å²) in [6, 6.07) is 0. The third-order valence-electron chi connectivity index (χ3n) is 2.99. The molecule has 1 fully saturated rings. The lowest BCUT2D eigenvalue weighted by Crippen LogP contribution is -2.37. The van der Waals surface area contributed by atoms with Crippen LogP contribution in [0.15, 0.2) is 6.20 Å². The molecule has 1 aromatic heterocycles. The van der Waals surface area contributed by atoms with E-state index in [1.54, 1.807) is 4.90 Å². The van der Waals surface area contributed by atoms with E-state index in [4.69, 9.17) is 0 Å². The fraction of sp³-hybridized carbons (Fsp3) is 0.583. The van der Waals surface area contributed by atoms with E-state index in [0.29, 0.717) is 29.6 Å². The van der Waals surface area contributed by atoms with Gasteiger partial charge >= 0.3 is 0 Å². The van der Waals surface area contributed by atoms with Crippen LogP contribution in [-0.2, 0) is 4.79 Å². The van der Waals surface area contributed by atoms with Gasteiger partial charge in [0.05, 0.1) is 12.3 Å². The topological polar surface area (TPSA) is 85.8 Å². The van der Waals surface area contributed by atoms with Crippen molar-refractivity contribution in [3.63, 3.8) is 0 Å².